The molecule has 7 N–H and O–H groups in total. The minimum absolute atomic E-state index is 0.0828. The van der Waals surface area contributed by atoms with Gasteiger partial charge in [-0.25, -0.2) is 4.79 Å². The van der Waals surface area contributed by atoms with E-state index in [1.165, 1.54) is 0 Å². The third kappa shape index (κ3) is 12.1. The van der Waals surface area contributed by atoms with Crippen LogP contribution in [0.5, 0.6) is 0 Å². The Bertz CT molecular complexity index is 1780. The van der Waals surface area contributed by atoms with Crippen molar-refractivity contribution in [2.45, 2.75) is 97.1 Å². The van der Waals surface area contributed by atoms with Crippen molar-refractivity contribution in [3.05, 3.63) is 64.7 Å². The highest BCUT2D eigenvalue weighted by Gasteiger charge is 2.39. The molecule has 2 aromatic rings. The van der Waals surface area contributed by atoms with Gasteiger partial charge in [0.05, 0.1) is 11.6 Å². The monoisotopic (exact) mass is 788 g/mol. The number of carboxylic acid groups (broad SMARTS) is 1. The van der Waals surface area contributed by atoms with E-state index in [2.05, 4.69) is 21.3 Å². The van der Waals surface area contributed by atoms with Crippen molar-refractivity contribution < 1.29 is 51.8 Å². The lowest BCUT2D eigenvalue weighted by Gasteiger charge is -2.30. The summed E-state index contributed by atoms with van der Waals surface area (Å²) in [6, 6.07) is 8.81. The fraction of sp³-hybridized carbons (Fsp3) is 0.513. The number of nitrogens with two attached hydrogens (primary N) is 1. The normalized spacial score (nSPS) is 16.5. The van der Waals surface area contributed by atoms with E-state index >= 15 is 0 Å². The van der Waals surface area contributed by atoms with E-state index in [-0.39, 0.29) is 35.2 Å². The van der Waals surface area contributed by atoms with E-state index in [1.54, 1.807) is 54.3 Å². The first-order chi connectivity index (χ1) is 26.2. The van der Waals surface area contributed by atoms with Gasteiger partial charge in [-0.1, -0.05) is 64.1 Å². The first-order valence-electron chi connectivity index (χ1n) is 18.5. The molecule has 0 radical (unpaired) electrons. The van der Waals surface area contributed by atoms with Crippen LogP contribution in [0.25, 0.3) is 0 Å². The molecule has 1 fully saturated rings. The molecule has 0 unspecified atom stereocenters. The van der Waals surface area contributed by atoms with Crippen LogP contribution in [-0.2, 0) is 24.0 Å². The number of benzene rings is 2. The topological polar surface area (TPSA) is 217 Å². The third-order valence-corrected chi connectivity index (χ3v) is 9.14. The summed E-state index contributed by atoms with van der Waals surface area (Å²) >= 11 is 0. The number of hydrogen-bond donors (Lipinski definition) is 6. The molecular formula is C39H51F3N6O8. The zero-order valence-electron chi connectivity index (χ0n) is 32.1. The number of carboxylic acids is 1. The van der Waals surface area contributed by atoms with Crippen LogP contribution in [0.4, 0.5) is 18.9 Å². The van der Waals surface area contributed by atoms with Gasteiger partial charge in [0.25, 0.3) is 0 Å². The smallest absolute Gasteiger partial charge is 0.475 e. The Morgan fingerprint density at radius 2 is 1.43 bits per heavy atom. The van der Waals surface area contributed by atoms with Gasteiger partial charge in [-0.05, 0) is 56.9 Å². The second-order valence-electron chi connectivity index (χ2n) is 14.7. The third-order valence-electron chi connectivity index (χ3n) is 9.14. The van der Waals surface area contributed by atoms with Crippen LogP contribution in [0.3, 0.4) is 0 Å². The molecule has 0 bridgehead atoms. The van der Waals surface area contributed by atoms with Gasteiger partial charge in [0.15, 0.2) is 11.6 Å². The van der Waals surface area contributed by atoms with Crippen LogP contribution in [0.2, 0.25) is 0 Å². The Balaban J connectivity index is 0.00000109. The number of hydrogen-bond acceptors (Lipinski definition) is 9. The van der Waals surface area contributed by atoms with E-state index in [0.29, 0.717) is 79.7 Å². The molecule has 2 aromatic carbocycles. The predicted molar refractivity (Wildman–Crippen MR) is 201 cm³/mol. The predicted octanol–water partition coefficient (Wildman–Crippen LogP) is 3.41. The van der Waals surface area contributed by atoms with Gasteiger partial charge < -0.3 is 37.0 Å². The van der Waals surface area contributed by atoms with Crippen LogP contribution >= 0.6 is 0 Å². The number of anilines is 1. The fourth-order valence-corrected chi connectivity index (χ4v) is 6.43. The number of nitrogens with zero attached hydrogens (tertiary/aromatic N) is 1. The maximum Gasteiger partial charge on any atom is 0.490 e. The number of likely N-dealkylation sites (tertiary alicyclic amines) is 1. The van der Waals surface area contributed by atoms with Crippen molar-refractivity contribution >= 4 is 46.9 Å². The van der Waals surface area contributed by atoms with Crippen molar-refractivity contribution in [3.63, 3.8) is 0 Å². The van der Waals surface area contributed by atoms with Crippen LogP contribution in [0, 0.1) is 11.8 Å². The van der Waals surface area contributed by atoms with Crippen molar-refractivity contribution in [1.82, 2.24) is 20.9 Å². The average molecular weight is 789 g/mol. The molecule has 4 amide bonds. The number of amides is 4. The molecule has 2 aliphatic rings. The van der Waals surface area contributed by atoms with Crippen molar-refractivity contribution in [2.24, 2.45) is 17.6 Å². The Kier molecular flexibility index (Phi) is 16.1. The molecule has 1 aliphatic heterocycles. The quantitative estimate of drug-likeness (QED) is 0.123. The maximum absolute atomic E-state index is 13.7. The standard InChI is InChI=1S/C37H50N6O6.C2HF3O2/c1-21(2)19-27(38)35(47)41-23(5)34(46)42-29(20-22(3)4)37(49)43-18-9-15-30(43)36(48)40-17-10-16-39-28-14-8-13-26-31(28)33(45)25-12-7-6-11-24(25)32(26)44;3-2(4,5)1(6)7/h6-8,11-14,21-23,27,29-30,39H,9-10,15-20,38H2,1-5H3,(H,40,48)(H,41,47)(H,42,46);(H,6,7)/t23-,27-,29-,30-;/m0./s1. The summed E-state index contributed by atoms with van der Waals surface area (Å²) in [5.74, 6) is -4.36. The number of rotatable bonds is 15. The molecular weight excluding hydrogens is 737 g/mol. The highest BCUT2D eigenvalue weighted by atomic mass is 19.4. The summed E-state index contributed by atoms with van der Waals surface area (Å²) < 4.78 is 31.7. The van der Waals surface area contributed by atoms with Crippen molar-refractivity contribution in [3.8, 4) is 0 Å². The number of nitrogens with one attached hydrogen (secondary N) is 4. The average Bonchev–Trinajstić information content (AvgIpc) is 3.62. The van der Waals surface area contributed by atoms with Crippen molar-refractivity contribution in [1.29, 1.82) is 0 Å². The number of aliphatic carboxylic acids is 1. The highest BCUT2D eigenvalue weighted by molar-refractivity contribution is 6.30. The number of carbonyl (C=O) groups excluding carboxylic acids is 6. The molecule has 4 rings (SSSR count). The molecule has 56 heavy (non-hydrogen) atoms. The lowest BCUT2D eigenvalue weighted by Crippen LogP contribution is -2.57. The number of alkyl halides is 3. The summed E-state index contributed by atoms with van der Waals surface area (Å²) in [5.41, 5.74) is 8.03. The lowest BCUT2D eigenvalue weighted by molar-refractivity contribution is -0.192. The van der Waals surface area contributed by atoms with E-state index < -0.39 is 48.1 Å². The second kappa shape index (κ2) is 20.0. The minimum Gasteiger partial charge on any atom is -0.475 e. The van der Waals surface area contributed by atoms with Gasteiger partial charge in [-0.3, -0.25) is 28.8 Å². The molecule has 17 heteroatoms. The van der Waals surface area contributed by atoms with Crippen LogP contribution in [0.15, 0.2) is 42.5 Å². The molecule has 306 valence electrons. The Hall–Kier alpha value is -5.32. The maximum atomic E-state index is 13.7. The van der Waals surface area contributed by atoms with Gasteiger partial charge in [0, 0.05) is 42.0 Å². The number of ketones is 2. The van der Waals surface area contributed by atoms with E-state index in [4.69, 9.17) is 15.6 Å². The molecule has 1 saturated heterocycles. The van der Waals surface area contributed by atoms with Gasteiger partial charge in [-0.15, -0.1) is 0 Å². The molecule has 0 saturated carbocycles. The first kappa shape index (κ1) is 45.1. The summed E-state index contributed by atoms with van der Waals surface area (Å²) in [7, 11) is 0. The summed E-state index contributed by atoms with van der Waals surface area (Å²) in [5, 5.41) is 18.8. The summed E-state index contributed by atoms with van der Waals surface area (Å²) in [4.78, 5) is 89.3. The SMILES string of the molecule is CC(C)C[C@H](NC(=O)[C@H](C)NC(=O)[C@@H](N)CC(C)C)C(=O)N1CCC[C@H]1C(=O)NCCCNc1cccc2c1C(=O)c1ccccc1C2=O.O=C(O)C(F)(F)F. The van der Waals surface area contributed by atoms with E-state index in [0.717, 1.165) is 0 Å². The van der Waals surface area contributed by atoms with E-state index in [9.17, 15) is 41.9 Å². The Morgan fingerprint density at radius 1 is 0.839 bits per heavy atom. The summed E-state index contributed by atoms with van der Waals surface area (Å²) in [6.45, 7) is 10.5. The van der Waals surface area contributed by atoms with Crippen LogP contribution < -0.4 is 27.0 Å². The second-order valence-corrected chi connectivity index (χ2v) is 14.7. The van der Waals surface area contributed by atoms with Gasteiger partial charge in [0.1, 0.15) is 18.1 Å². The Labute approximate surface area is 323 Å². The summed E-state index contributed by atoms with van der Waals surface area (Å²) in [6.07, 6.45) is -2.53. The minimum atomic E-state index is -5.08. The Morgan fingerprint density at radius 3 is 2.02 bits per heavy atom. The van der Waals surface area contributed by atoms with Gasteiger partial charge in [-0.2, -0.15) is 13.2 Å². The van der Waals surface area contributed by atoms with Gasteiger partial charge >= 0.3 is 12.1 Å². The van der Waals surface area contributed by atoms with Crippen LogP contribution in [0.1, 0.15) is 98.6 Å². The van der Waals surface area contributed by atoms with Crippen molar-refractivity contribution in [2.75, 3.05) is 25.0 Å². The number of halogens is 3. The fourth-order valence-electron chi connectivity index (χ4n) is 6.43. The zero-order valence-corrected chi connectivity index (χ0v) is 32.1. The molecule has 0 aromatic heterocycles. The molecule has 0 spiro atoms. The molecule has 14 nitrogen and oxygen atoms in total. The number of carbonyl (C=O) groups is 7. The lowest BCUT2D eigenvalue weighted by atomic mass is 9.83. The largest absolute Gasteiger partial charge is 0.490 e. The van der Waals surface area contributed by atoms with E-state index in [1.807, 2.05) is 27.7 Å². The first-order valence-corrected chi connectivity index (χ1v) is 18.5. The van der Waals surface area contributed by atoms with Crippen LogP contribution in [-0.4, -0.2) is 101 Å². The number of fused-ring (bicyclic) bond motifs is 2. The molecule has 1 heterocycles. The molecule has 1 aliphatic carbocycles. The van der Waals surface area contributed by atoms with Gasteiger partial charge in [0.2, 0.25) is 23.6 Å². The molecule has 4 atom stereocenters. The zero-order chi connectivity index (χ0) is 41.9. The highest BCUT2D eigenvalue weighted by Crippen LogP contribution is 2.32.